The van der Waals surface area contributed by atoms with Gasteiger partial charge in [0.1, 0.15) is 22.5 Å². The van der Waals surface area contributed by atoms with Crippen molar-refractivity contribution in [1.29, 1.82) is 5.26 Å². The number of H-pyrrole nitrogens is 1. The third-order valence-corrected chi connectivity index (χ3v) is 3.46. The Morgan fingerprint density at radius 1 is 1.25 bits per heavy atom. The van der Waals surface area contributed by atoms with Crippen LogP contribution in [0.5, 0.6) is 11.6 Å². The lowest BCUT2D eigenvalue weighted by atomic mass is 10.2. The van der Waals surface area contributed by atoms with Gasteiger partial charge in [-0.05, 0) is 35.5 Å². The van der Waals surface area contributed by atoms with Crippen LogP contribution in [-0.4, -0.2) is 25.6 Å². The molecule has 0 saturated carbocycles. The molecule has 142 valence electrons. The standard InChI is InChI=1S/C16H9ClF3N7O/c17-13-5-10(16(18,19)20)6-14(23-13)28-12-3-1-11(2-4-12)22-8-9(7-21)15-24-26-27-25-15/h1-6,8,22H,(H,24,25,26,27). The van der Waals surface area contributed by atoms with Crippen LogP contribution >= 0.6 is 11.6 Å². The number of tetrazole rings is 1. The van der Waals surface area contributed by atoms with E-state index in [1.165, 1.54) is 18.3 Å². The van der Waals surface area contributed by atoms with Crippen LogP contribution in [0, 0.1) is 11.3 Å². The van der Waals surface area contributed by atoms with Gasteiger partial charge in [-0.2, -0.15) is 23.6 Å². The molecule has 1 aromatic carbocycles. The molecule has 0 aliphatic heterocycles. The molecule has 0 unspecified atom stereocenters. The van der Waals surface area contributed by atoms with Crippen LogP contribution in [0.1, 0.15) is 11.4 Å². The van der Waals surface area contributed by atoms with Crippen molar-refractivity contribution in [2.45, 2.75) is 6.18 Å². The largest absolute Gasteiger partial charge is 0.439 e. The second-order valence-corrected chi connectivity index (χ2v) is 5.58. The summed E-state index contributed by atoms with van der Waals surface area (Å²) >= 11 is 5.62. The summed E-state index contributed by atoms with van der Waals surface area (Å²) < 4.78 is 43.8. The van der Waals surface area contributed by atoms with Crippen molar-refractivity contribution in [3.63, 3.8) is 0 Å². The summed E-state index contributed by atoms with van der Waals surface area (Å²) in [6.45, 7) is 0. The minimum absolute atomic E-state index is 0.127. The number of benzene rings is 1. The summed E-state index contributed by atoms with van der Waals surface area (Å²) in [4.78, 5) is 3.72. The Balaban J connectivity index is 1.72. The Morgan fingerprint density at radius 2 is 2.00 bits per heavy atom. The number of rotatable bonds is 5. The molecule has 0 saturated heterocycles. The molecule has 8 nitrogen and oxygen atoms in total. The van der Waals surface area contributed by atoms with Gasteiger partial charge in [0.2, 0.25) is 11.7 Å². The Labute approximate surface area is 160 Å². The molecule has 0 aliphatic rings. The van der Waals surface area contributed by atoms with Gasteiger partial charge < -0.3 is 10.1 Å². The summed E-state index contributed by atoms with van der Waals surface area (Å²) in [7, 11) is 0. The Bertz CT molecular complexity index is 1030. The first-order chi connectivity index (χ1) is 13.3. The van der Waals surface area contributed by atoms with Gasteiger partial charge >= 0.3 is 6.18 Å². The zero-order chi connectivity index (χ0) is 20.1. The highest BCUT2D eigenvalue weighted by molar-refractivity contribution is 6.29. The third-order valence-electron chi connectivity index (χ3n) is 3.26. The van der Waals surface area contributed by atoms with Gasteiger partial charge in [-0.25, -0.2) is 4.98 Å². The SMILES string of the molecule is N#CC(=CNc1ccc(Oc2cc(C(F)(F)F)cc(Cl)n2)cc1)c1nn[nH]n1. The van der Waals surface area contributed by atoms with E-state index in [9.17, 15) is 13.2 Å². The number of hydrogen-bond donors (Lipinski definition) is 2. The van der Waals surface area contributed by atoms with Gasteiger partial charge in [-0.1, -0.05) is 11.6 Å². The molecule has 2 heterocycles. The maximum atomic E-state index is 12.8. The first-order valence-corrected chi connectivity index (χ1v) is 7.86. The molecular weight excluding hydrogens is 399 g/mol. The summed E-state index contributed by atoms with van der Waals surface area (Å²) in [5.74, 6) is 0.0860. The van der Waals surface area contributed by atoms with Crippen molar-refractivity contribution < 1.29 is 17.9 Å². The predicted molar refractivity (Wildman–Crippen MR) is 92.2 cm³/mol. The zero-order valence-electron chi connectivity index (χ0n) is 13.7. The van der Waals surface area contributed by atoms with Crippen molar-refractivity contribution in [1.82, 2.24) is 25.6 Å². The molecule has 2 aromatic heterocycles. The van der Waals surface area contributed by atoms with E-state index >= 15 is 0 Å². The van der Waals surface area contributed by atoms with E-state index in [0.29, 0.717) is 11.8 Å². The summed E-state index contributed by atoms with van der Waals surface area (Å²) in [5, 5.41) is 24.6. The average Bonchev–Trinajstić information content (AvgIpc) is 3.17. The Hall–Kier alpha value is -3.65. The van der Waals surface area contributed by atoms with E-state index in [4.69, 9.17) is 21.6 Å². The van der Waals surface area contributed by atoms with Crippen LogP contribution in [0.15, 0.2) is 42.6 Å². The first-order valence-electron chi connectivity index (χ1n) is 7.48. The van der Waals surface area contributed by atoms with Crippen molar-refractivity contribution in [2.75, 3.05) is 5.32 Å². The summed E-state index contributed by atoms with van der Waals surface area (Å²) in [5.41, 5.74) is -0.230. The van der Waals surface area contributed by atoms with E-state index in [1.54, 1.807) is 12.1 Å². The highest BCUT2D eigenvalue weighted by atomic mass is 35.5. The van der Waals surface area contributed by atoms with Crippen molar-refractivity contribution in [3.8, 4) is 17.7 Å². The lowest BCUT2D eigenvalue weighted by Gasteiger charge is -2.10. The molecule has 3 rings (SSSR count). The highest BCUT2D eigenvalue weighted by Crippen LogP contribution is 2.33. The van der Waals surface area contributed by atoms with Gasteiger partial charge in [0.15, 0.2) is 0 Å². The normalized spacial score (nSPS) is 11.8. The second-order valence-electron chi connectivity index (χ2n) is 5.19. The molecule has 0 amide bonds. The minimum atomic E-state index is -4.57. The van der Waals surface area contributed by atoms with Gasteiger partial charge in [-0.3, -0.25) is 0 Å². The molecule has 0 aliphatic carbocycles. The summed E-state index contributed by atoms with van der Waals surface area (Å²) in [6.07, 6.45) is -3.18. The summed E-state index contributed by atoms with van der Waals surface area (Å²) in [6, 6.07) is 9.58. The van der Waals surface area contributed by atoms with Gasteiger partial charge in [0.25, 0.3) is 0 Å². The quantitative estimate of drug-likeness (QED) is 0.485. The van der Waals surface area contributed by atoms with E-state index < -0.39 is 11.7 Å². The lowest BCUT2D eigenvalue weighted by molar-refractivity contribution is -0.137. The fourth-order valence-corrected chi connectivity index (χ4v) is 2.21. The van der Waals surface area contributed by atoms with Crippen LogP contribution in [0.4, 0.5) is 18.9 Å². The second kappa shape index (κ2) is 7.93. The lowest BCUT2D eigenvalue weighted by Crippen LogP contribution is -2.05. The van der Waals surface area contributed by atoms with Gasteiger partial charge in [0.05, 0.1) is 5.56 Å². The monoisotopic (exact) mass is 407 g/mol. The molecule has 2 N–H and O–H groups in total. The molecule has 12 heteroatoms. The van der Waals surface area contributed by atoms with Gasteiger partial charge in [-0.15, -0.1) is 10.2 Å². The highest BCUT2D eigenvalue weighted by Gasteiger charge is 2.31. The molecular formula is C16H9ClF3N7O. The van der Waals surface area contributed by atoms with E-state index in [0.717, 1.165) is 6.07 Å². The number of aromatic nitrogens is 5. The van der Waals surface area contributed by atoms with Crippen LogP contribution in [-0.2, 0) is 6.18 Å². The number of alkyl halides is 3. The number of allylic oxidation sites excluding steroid dienone is 1. The van der Waals surface area contributed by atoms with Crippen molar-refractivity contribution >= 4 is 22.9 Å². The number of halogens is 4. The maximum absolute atomic E-state index is 12.8. The topological polar surface area (TPSA) is 112 Å². The third kappa shape index (κ3) is 4.74. The fourth-order valence-electron chi connectivity index (χ4n) is 2.01. The van der Waals surface area contributed by atoms with E-state index in [1.807, 2.05) is 6.07 Å². The van der Waals surface area contributed by atoms with Crippen LogP contribution in [0.2, 0.25) is 5.15 Å². The molecule has 0 atom stereocenters. The average molecular weight is 408 g/mol. The number of nitrogens with one attached hydrogen (secondary N) is 2. The van der Waals surface area contributed by atoms with Crippen LogP contribution in [0.25, 0.3) is 5.57 Å². The Kier molecular flexibility index (Phi) is 5.42. The number of hydrogen-bond acceptors (Lipinski definition) is 7. The molecule has 0 bridgehead atoms. The van der Waals surface area contributed by atoms with Crippen molar-refractivity contribution in [2.24, 2.45) is 0 Å². The number of nitriles is 1. The number of nitrogens with zero attached hydrogens (tertiary/aromatic N) is 5. The number of aromatic amines is 1. The minimum Gasteiger partial charge on any atom is -0.439 e. The molecule has 0 radical (unpaired) electrons. The zero-order valence-corrected chi connectivity index (χ0v) is 14.5. The maximum Gasteiger partial charge on any atom is 0.416 e. The van der Waals surface area contributed by atoms with Gasteiger partial charge in [0, 0.05) is 18.0 Å². The smallest absolute Gasteiger partial charge is 0.416 e. The molecule has 0 spiro atoms. The van der Waals surface area contributed by atoms with Crippen LogP contribution < -0.4 is 10.1 Å². The number of anilines is 1. The molecule has 28 heavy (non-hydrogen) atoms. The number of ether oxygens (including phenoxy) is 1. The van der Waals surface area contributed by atoms with E-state index in [-0.39, 0.29) is 28.2 Å². The molecule has 3 aromatic rings. The van der Waals surface area contributed by atoms with Crippen molar-refractivity contribution in [3.05, 3.63) is 59.1 Å². The Morgan fingerprint density at radius 3 is 2.61 bits per heavy atom. The first kappa shape index (κ1) is 19.1. The fraction of sp³-hybridized carbons (Fsp3) is 0.0625. The molecule has 0 fully saturated rings. The number of pyridine rings is 1. The van der Waals surface area contributed by atoms with E-state index in [2.05, 4.69) is 30.9 Å². The predicted octanol–water partition coefficient (Wildman–Crippen LogP) is 4.04. The van der Waals surface area contributed by atoms with Crippen LogP contribution in [0.3, 0.4) is 0 Å².